The lowest BCUT2D eigenvalue weighted by Gasteiger charge is -2.25. The summed E-state index contributed by atoms with van der Waals surface area (Å²) in [5.74, 6) is 0.0388. The van der Waals surface area contributed by atoms with Crippen LogP contribution in [0.15, 0.2) is 88.2 Å². The first-order chi connectivity index (χ1) is 19.5. The molecule has 0 spiro atoms. The molecule has 0 amide bonds. The van der Waals surface area contributed by atoms with E-state index in [2.05, 4.69) is 0 Å². The molecule has 0 N–H and O–H groups in total. The van der Waals surface area contributed by atoms with Crippen molar-refractivity contribution in [3.63, 3.8) is 0 Å². The van der Waals surface area contributed by atoms with Crippen LogP contribution in [0.25, 0.3) is 11.8 Å². The number of para-hydroxylation sites is 1. The Balaban J connectivity index is 1.82. The molecule has 0 aliphatic carbocycles. The first kappa shape index (κ1) is 27.1. The van der Waals surface area contributed by atoms with Gasteiger partial charge in [-0.3, -0.25) is 9.36 Å². The van der Waals surface area contributed by atoms with E-state index in [4.69, 9.17) is 19.2 Å². The third-order valence-corrected chi connectivity index (χ3v) is 7.35. The summed E-state index contributed by atoms with van der Waals surface area (Å²) in [5.41, 5.74) is 2.17. The number of benzene rings is 3. The quantitative estimate of drug-likeness (QED) is 0.298. The number of carbonyl (C=O) groups is 1. The van der Waals surface area contributed by atoms with Crippen LogP contribution in [0.2, 0.25) is 0 Å². The smallest absolute Gasteiger partial charge is 0.338 e. The molecular weight excluding hydrogens is 531 g/mol. The lowest BCUT2D eigenvalue weighted by Crippen LogP contribution is -2.40. The van der Waals surface area contributed by atoms with Gasteiger partial charge in [-0.05, 0) is 43.7 Å². The molecule has 204 valence electrons. The second-order valence-corrected chi connectivity index (χ2v) is 9.80. The Bertz CT molecular complexity index is 1760. The Hall–Kier alpha value is -4.50. The maximum Gasteiger partial charge on any atom is 0.338 e. The number of halogens is 1. The minimum Gasteiger partial charge on any atom is -0.493 e. The molecule has 0 radical (unpaired) electrons. The Labute approximate surface area is 234 Å². The molecule has 3 aromatic carbocycles. The number of carbonyl (C=O) groups excluding carboxylic acids is 1. The highest BCUT2D eigenvalue weighted by Gasteiger charge is 2.35. The van der Waals surface area contributed by atoms with Crippen LogP contribution in [0, 0.1) is 5.82 Å². The van der Waals surface area contributed by atoms with E-state index in [1.165, 1.54) is 28.0 Å². The number of fused-ring (bicyclic) bond motifs is 1. The molecule has 5 rings (SSSR count). The average molecular weight is 559 g/mol. The molecule has 0 saturated heterocycles. The van der Waals surface area contributed by atoms with Crippen molar-refractivity contribution in [2.24, 2.45) is 4.99 Å². The molecule has 1 aromatic heterocycles. The van der Waals surface area contributed by atoms with Crippen LogP contribution in [0.1, 0.15) is 36.6 Å². The van der Waals surface area contributed by atoms with Gasteiger partial charge in [0, 0.05) is 11.1 Å². The van der Waals surface area contributed by atoms with E-state index in [-0.39, 0.29) is 17.7 Å². The predicted molar refractivity (Wildman–Crippen MR) is 152 cm³/mol. The molecule has 40 heavy (non-hydrogen) atoms. The summed E-state index contributed by atoms with van der Waals surface area (Å²) >= 11 is 1.20. The highest BCUT2D eigenvalue weighted by atomic mass is 32.1. The second-order valence-electron chi connectivity index (χ2n) is 8.79. The van der Waals surface area contributed by atoms with Crippen LogP contribution in [0.4, 0.5) is 4.39 Å². The molecule has 1 aliphatic heterocycles. The average Bonchev–Trinajstić information content (AvgIpc) is 3.28. The van der Waals surface area contributed by atoms with Crippen LogP contribution in [0.3, 0.4) is 0 Å². The summed E-state index contributed by atoms with van der Waals surface area (Å²) in [6, 6.07) is 19.6. The Kier molecular flexibility index (Phi) is 7.93. The topological polar surface area (TPSA) is 79.1 Å². The lowest BCUT2D eigenvalue weighted by molar-refractivity contribution is -0.138. The van der Waals surface area contributed by atoms with Crippen LogP contribution >= 0.6 is 11.3 Å². The molecule has 0 fully saturated rings. The molecule has 0 unspecified atom stereocenters. The highest BCUT2D eigenvalue weighted by molar-refractivity contribution is 7.07. The third-order valence-electron chi connectivity index (χ3n) is 6.36. The van der Waals surface area contributed by atoms with E-state index in [0.717, 1.165) is 0 Å². The zero-order chi connectivity index (χ0) is 28.2. The molecule has 1 atom stereocenters. The summed E-state index contributed by atoms with van der Waals surface area (Å²) in [6.45, 7) is 4.14. The number of aromatic nitrogens is 1. The van der Waals surface area contributed by atoms with E-state index >= 15 is 0 Å². The van der Waals surface area contributed by atoms with Gasteiger partial charge < -0.3 is 14.2 Å². The summed E-state index contributed by atoms with van der Waals surface area (Å²) in [5, 5.41) is 0. The zero-order valence-corrected chi connectivity index (χ0v) is 23.0. The number of methoxy groups -OCH3 is 1. The first-order valence-corrected chi connectivity index (χ1v) is 13.6. The molecule has 0 saturated carbocycles. The molecule has 2 heterocycles. The van der Waals surface area contributed by atoms with E-state index < -0.39 is 17.8 Å². The van der Waals surface area contributed by atoms with Crippen molar-refractivity contribution in [1.29, 1.82) is 0 Å². The maximum atomic E-state index is 14.0. The van der Waals surface area contributed by atoms with Crippen molar-refractivity contribution in [3.05, 3.63) is 121 Å². The van der Waals surface area contributed by atoms with Gasteiger partial charge in [-0.25, -0.2) is 14.2 Å². The van der Waals surface area contributed by atoms with Crippen LogP contribution in [-0.4, -0.2) is 30.9 Å². The van der Waals surface area contributed by atoms with Crippen molar-refractivity contribution < 1.29 is 23.4 Å². The normalized spacial score (nSPS) is 14.9. The fraction of sp³-hybridized carbons (Fsp3) is 0.194. The minimum atomic E-state index is -0.884. The van der Waals surface area contributed by atoms with E-state index in [9.17, 15) is 14.0 Å². The number of thiazole rings is 1. The Morgan fingerprint density at radius 2 is 1.77 bits per heavy atom. The molecule has 9 heteroatoms. The largest absolute Gasteiger partial charge is 0.493 e. The summed E-state index contributed by atoms with van der Waals surface area (Å²) in [7, 11) is 1.56. The van der Waals surface area contributed by atoms with Gasteiger partial charge in [0.25, 0.3) is 5.56 Å². The number of hydrogen-bond acceptors (Lipinski definition) is 7. The highest BCUT2D eigenvalue weighted by Crippen LogP contribution is 2.35. The Morgan fingerprint density at radius 1 is 1.02 bits per heavy atom. The van der Waals surface area contributed by atoms with Crippen molar-refractivity contribution in [3.8, 4) is 11.5 Å². The predicted octanol–water partition coefficient (Wildman–Crippen LogP) is 4.48. The molecule has 1 aliphatic rings. The number of rotatable bonds is 8. The number of hydrogen-bond donors (Lipinski definition) is 0. The van der Waals surface area contributed by atoms with Crippen molar-refractivity contribution in [1.82, 2.24) is 4.57 Å². The first-order valence-electron chi connectivity index (χ1n) is 12.8. The molecule has 4 aromatic rings. The van der Waals surface area contributed by atoms with E-state index in [0.29, 0.717) is 49.8 Å². The zero-order valence-electron chi connectivity index (χ0n) is 22.2. The van der Waals surface area contributed by atoms with E-state index in [1.807, 2.05) is 49.4 Å². The second kappa shape index (κ2) is 11.7. The number of nitrogens with zero attached hydrogens (tertiary/aromatic N) is 2. The summed E-state index contributed by atoms with van der Waals surface area (Å²) in [6.07, 6.45) is 1.73. The van der Waals surface area contributed by atoms with Crippen LogP contribution in [-0.2, 0) is 9.53 Å². The number of ether oxygens (including phenoxy) is 3. The minimum absolute atomic E-state index is 0.140. The van der Waals surface area contributed by atoms with Gasteiger partial charge >= 0.3 is 5.97 Å². The lowest BCUT2D eigenvalue weighted by atomic mass is 9.93. The van der Waals surface area contributed by atoms with Gasteiger partial charge in [0.2, 0.25) is 0 Å². The summed E-state index contributed by atoms with van der Waals surface area (Å²) in [4.78, 5) is 32.7. The van der Waals surface area contributed by atoms with E-state index in [1.54, 1.807) is 38.3 Å². The van der Waals surface area contributed by atoms with Gasteiger partial charge in [-0.2, -0.15) is 0 Å². The van der Waals surface area contributed by atoms with Gasteiger partial charge in [-0.15, -0.1) is 0 Å². The fourth-order valence-corrected chi connectivity index (χ4v) is 5.64. The van der Waals surface area contributed by atoms with Gasteiger partial charge in [-0.1, -0.05) is 65.9 Å². The van der Waals surface area contributed by atoms with Crippen molar-refractivity contribution >= 4 is 29.1 Å². The van der Waals surface area contributed by atoms with Gasteiger partial charge in [0.1, 0.15) is 5.82 Å². The summed E-state index contributed by atoms with van der Waals surface area (Å²) < 4.78 is 32.6. The maximum absolute atomic E-state index is 14.0. The third kappa shape index (κ3) is 5.08. The Morgan fingerprint density at radius 3 is 2.45 bits per heavy atom. The van der Waals surface area contributed by atoms with Crippen molar-refractivity contribution in [2.75, 3.05) is 20.3 Å². The monoisotopic (exact) mass is 558 g/mol. The van der Waals surface area contributed by atoms with Crippen LogP contribution in [0.5, 0.6) is 11.5 Å². The SMILES string of the molecule is CCOC(=O)C1=C(c2ccccc2)N=c2s/c(=C\c3cccc(OC)c3OCC)c(=O)n2[C@@H]1c1ccc(F)cc1. The number of esters is 1. The fourth-order valence-electron chi connectivity index (χ4n) is 4.65. The molecule has 7 nitrogen and oxygen atoms in total. The standard InChI is InChI=1S/C31H27FN2O5S/c1-4-38-28-21(12-9-13-23(28)37-3)18-24-29(35)34-27(20-14-16-22(32)17-15-20)25(30(36)39-5-2)26(33-31(34)40-24)19-10-7-6-8-11-19/h6-18,27H,4-5H2,1-3H3/b24-18-/t27-/m1/s1. The van der Waals surface area contributed by atoms with Crippen LogP contribution < -0.4 is 24.4 Å². The van der Waals surface area contributed by atoms with Crippen molar-refractivity contribution in [2.45, 2.75) is 19.9 Å². The molecule has 0 bridgehead atoms. The molecular formula is C31H27FN2O5S. The van der Waals surface area contributed by atoms with Gasteiger partial charge in [0.15, 0.2) is 16.3 Å². The van der Waals surface area contributed by atoms with Gasteiger partial charge in [0.05, 0.1) is 42.2 Å².